The Balaban J connectivity index is 2.05. The summed E-state index contributed by atoms with van der Waals surface area (Å²) in [6, 6.07) is 12.6. The van der Waals surface area contributed by atoms with Gasteiger partial charge in [-0.1, -0.05) is 35.9 Å². The molecule has 0 saturated carbocycles. The molecule has 2 rings (SSSR count). The molecule has 0 fully saturated rings. The van der Waals surface area contributed by atoms with E-state index < -0.39 is 23.7 Å². The average molecular weight is 393 g/mol. The van der Waals surface area contributed by atoms with E-state index in [1.807, 2.05) is 0 Å². The smallest absolute Gasteiger partial charge is 0.429 e. The van der Waals surface area contributed by atoms with Gasteiger partial charge in [-0.25, -0.2) is 9.59 Å². The SMILES string of the molecule is CC(=O)Oc1ccccc1C(=O)Oc1cccc(COC(=O)OC(C)Cl)c1. The van der Waals surface area contributed by atoms with E-state index in [1.165, 1.54) is 32.0 Å². The number of hydrogen-bond donors (Lipinski definition) is 0. The second-order valence-electron chi connectivity index (χ2n) is 5.33. The molecular formula is C19H17ClO7. The van der Waals surface area contributed by atoms with Crippen molar-refractivity contribution in [2.75, 3.05) is 0 Å². The zero-order chi connectivity index (χ0) is 19.8. The van der Waals surface area contributed by atoms with Gasteiger partial charge in [0.15, 0.2) is 5.56 Å². The predicted octanol–water partition coefficient (Wildman–Crippen LogP) is 4.07. The first-order chi connectivity index (χ1) is 12.8. The van der Waals surface area contributed by atoms with Crippen molar-refractivity contribution in [1.82, 2.24) is 0 Å². The van der Waals surface area contributed by atoms with Crippen molar-refractivity contribution in [3.63, 3.8) is 0 Å². The number of benzene rings is 2. The fraction of sp³-hybridized carbons (Fsp3) is 0.211. The standard InChI is InChI=1S/C19H17ClO7/c1-12(20)25-19(23)24-11-14-6-5-7-15(10-14)27-18(22)16-8-3-4-9-17(16)26-13(2)21/h3-10,12H,11H2,1-2H3. The molecule has 0 saturated heterocycles. The van der Waals surface area contributed by atoms with Crippen molar-refractivity contribution in [1.29, 1.82) is 0 Å². The van der Waals surface area contributed by atoms with Crippen LogP contribution in [0.3, 0.4) is 0 Å². The van der Waals surface area contributed by atoms with Crippen LogP contribution in [0, 0.1) is 0 Å². The number of carbonyl (C=O) groups is 3. The van der Waals surface area contributed by atoms with Crippen molar-refractivity contribution >= 4 is 29.7 Å². The van der Waals surface area contributed by atoms with Crippen LogP contribution in [0.5, 0.6) is 11.5 Å². The molecule has 27 heavy (non-hydrogen) atoms. The molecule has 0 aliphatic rings. The summed E-state index contributed by atoms with van der Waals surface area (Å²) in [7, 11) is 0. The average Bonchev–Trinajstić information content (AvgIpc) is 2.59. The van der Waals surface area contributed by atoms with Crippen LogP contribution in [-0.2, 0) is 20.9 Å². The molecule has 0 bridgehead atoms. The van der Waals surface area contributed by atoms with Gasteiger partial charge in [-0.2, -0.15) is 0 Å². The van der Waals surface area contributed by atoms with Crippen LogP contribution in [0.4, 0.5) is 4.79 Å². The van der Waals surface area contributed by atoms with E-state index >= 15 is 0 Å². The van der Waals surface area contributed by atoms with Gasteiger partial charge in [-0.3, -0.25) is 4.79 Å². The predicted molar refractivity (Wildman–Crippen MR) is 95.7 cm³/mol. The molecule has 1 atom stereocenters. The second-order valence-corrected chi connectivity index (χ2v) is 5.94. The normalized spacial score (nSPS) is 11.2. The van der Waals surface area contributed by atoms with Gasteiger partial charge < -0.3 is 18.9 Å². The molecule has 1 unspecified atom stereocenters. The lowest BCUT2D eigenvalue weighted by Gasteiger charge is -2.10. The Labute approximate surface area is 160 Å². The highest BCUT2D eigenvalue weighted by atomic mass is 35.5. The second kappa shape index (κ2) is 9.59. The van der Waals surface area contributed by atoms with Crippen molar-refractivity contribution in [3.8, 4) is 11.5 Å². The molecule has 0 aliphatic heterocycles. The summed E-state index contributed by atoms with van der Waals surface area (Å²) >= 11 is 5.53. The van der Waals surface area contributed by atoms with E-state index in [-0.39, 0.29) is 23.7 Å². The first-order valence-corrected chi connectivity index (χ1v) is 8.35. The van der Waals surface area contributed by atoms with Gasteiger partial charge in [-0.15, -0.1) is 0 Å². The Bertz CT molecular complexity index is 832. The molecule has 0 spiro atoms. The molecule has 2 aromatic rings. The minimum absolute atomic E-state index is 0.0854. The highest BCUT2D eigenvalue weighted by Crippen LogP contribution is 2.22. The fourth-order valence-electron chi connectivity index (χ4n) is 2.05. The number of carbonyl (C=O) groups excluding carboxylic acids is 3. The van der Waals surface area contributed by atoms with E-state index in [0.717, 1.165) is 0 Å². The third kappa shape index (κ3) is 6.63. The summed E-state index contributed by atoms with van der Waals surface area (Å²) in [5.41, 5.74) is -0.121. The van der Waals surface area contributed by atoms with Gasteiger partial charge >= 0.3 is 18.1 Å². The number of hydrogen-bond acceptors (Lipinski definition) is 7. The largest absolute Gasteiger partial charge is 0.510 e. The maximum Gasteiger partial charge on any atom is 0.510 e. The molecule has 2 aromatic carbocycles. The fourth-order valence-corrected chi connectivity index (χ4v) is 2.12. The number of ether oxygens (including phenoxy) is 4. The summed E-state index contributed by atoms with van der Waals surface area (Å²) < 4.78 is 19.9. The Hall–Kier alpha value is -3.06. The van der Waals surface area contributed by atoms with E-state index in [1.54, 1.807) is 30.3 Å². The van der Waals surface area contributed by atoms with E-state index in [0.29, 0.717) is 5.56 Å². The van der Waals surface area contributed by atoms with Crippen LogP contribution in [0.2, 0.25) is 0 Å². The van der Waals surface area contributed by atoms with Crippen LogP contribution in [0.25, 0.3) is 0 Å². The lowest BCUT2D eigenvalue weighted by Crippen LogP contribution is -2.13. The first kappa shape index (κ1) is 20.3. The van der Waals surface area contributed by atoms with Crippen LogP contribution in [0.15, 0.2) is 48.5 Å². The minimum Gasteiger partial charge on any atom is -0.429 e. The zero-order valence-electron chi connectivity index (χ0n) is 14.6. The van der Waals surface area contributed by atoms with Gasteiger partial charge in [0.1, 0.15) is 23.7 Å². The topological polar surface area (TPSA) is 88.1 Å². The molecule has 142 valence electrons. The summed E-state index contributed by atoms with van der Waals surface area (Å²) in [5, 5.41) is 0. The van der Waals surface area contributed by atoms with Crippen LogP contribution in [0.1, 0.15) is 29.8 Å². The molecule has 0 heterocycles. The quantitative estimate of drug-likeness (QED) is 0.416. The van der Waals surface area contributed by atoms with Gasteiger partial charge in [0.05, 0.1) is 0 Å². The molecule has 0 aliphatic carbocycles. The Morgan fingerprint density at radius 3 is 2.48 bits per heavy atom. The van der Waals surface area contributed by atoms with Gasteiger partial charge in [0, 0.05) is 6.92 Å². The molecule has 7 nitrogen and oxygen atoms in total. The molecule has 0 amide bonds. The van der Waals surface area contributed by atoms with E-state index in [9.17, 15) is 14.4 Å². The summed E-state index contributed by atoms with van der Waals surface area (Å²) in [5.74, 6) is -0.905. The first-order valence-electron chi connectivity index (χ1n) is 7.91. The van der Waals surface area contributed by atoms with Crippen molar-refractivity contribution in [2.24, 2.45) is 0 Å². The molecule has 0 N–H and O–H groups in total. The summed E-state index contributed by atoms with van der Waals surface area (Å²) in [6.45, 7) is 2.63. The van der Waals surface area contributed by atoms with Gasteiger partial charge in [-0.05, 0) is 36.8 Å². The molecular weight excluding hydrogens is 376 g/mol. The van der Waals surface area contributed by atoms with Crippen molar-refractivity contribution in [2.45, 2.75) is 26.0 Å². The van der Waals surface area contributed by atoms with E-state index in [4.69, 9.17) is 25.8 Å². The summed E-state index contributed by atoms with van der Waals surface area (Å²) in [6.07, 6.45) is -0.907. The number of halogens is 1. The van der Waals surface area contributed by atoms with Gasteiger partial charge in [0.2, 0.25) is 0 Å². The maximum absolute atomic E-state index is 12.4. The Kier molecular flexibility index (Phi) is 7.19. The number of para-hydroxylation sites is 1. The number of rotatable bonds is 6. The van der Waals surface area contributed by atoms with Crippen LogP contribution < -0.4 is 9.47 Å². The zero-order valence-corrected chi connectivity index (χ0v) is 15.4. The lowest BCUT2D eigenvalue weighted by atomic mass is 10.2. The van der Waals surface area contributed by atoms with Crippen LogP contribution in [-0.4, -0.2) is 23.7 Å². The Morgan fingerprint density at radius 2 is 1.78 bits per heavy atom. The third-order valence-electron chi connectivity index (χ3n) is 3.08. The number of alkyl halides is 1. The van der Waals surface area contributed by atoms with E-state index in [2.05, 4.69) is 4.74 Å². The molecule has 0 radical (unpaired) electrons. The van der Waals surface area contributed by atoms with Crippen LogP contribution >= 0.6 is 11.6 Å². The lowest BCUT2D eigenvalue weighted by molar-refractivity contribution is -0.131. The minimum atomic E-state index is -0.907. The highest BCUT2D eigenvalue weighted by molar-refractivity contribution is 6.19. The van der Waals surface area contributed by atoms with Crippen molar-refractivity contribution < 1.29 is 33.3 Å². The van der Waals surface area contributed by atoms with Crippen molar-refractivity contribution in [3.05, 3.63) is 59.7 Å². The summed E-state index contributed by atoms with van der Waals surface area (Å²) in [4.78, 5) is 34.9. The molecule has 0 aromatic heterocycles. The third-order valence-corrected chi connectivity index (χ3v) is 3.17. The van der Waals surface area contributed by atoms with Gasteiger partial charge in [0.25, 0.3) is 0 Å². The number of esters is 2. The highest BCUT2D eigenvalue weighted by Gasteiger charge is 2.16. The molecule has 8 heteroatoms. The maximum atomic E-state index is 12.4. The monoisotopic (exact) mass is 392 g/mol. The Morgan fingerprint density at radius 1 is 1.04 bits per heavy atom.